The average molecular weight is 341 g/mol. The molecular weight excluding hydrogens is 326 g/mol. The minimum Gasteiger partial charge on any atom is -0.505 e. The molecule has 0 unspecified atom stereocenters. The van der Waals surface area contributed by atoms with Crippen LogP contribution >= 0.6 is 0 Å². The van der Waals surface area contributed by atoms with Gasteiger partial charge in [-0.3, -0.25) is 14.7 Å². The molecule has 0 saturated heterocycles. The second kappa shape index (κ2) is 6.52. The summed E-state index contributed by atoms with van der Waals surface area (Å²) in [7, 11) is 2.93. The SMILES string of the molecule is COc1cc2nc(O)c(N(C=O)c3ccncc3)c(O)c2cc1OC. The summed E-state index contributed by atoms with van der Waals surface area (Å²) in [4.78, 5) is 20.6. The number of anilines is 2. The normalized spacial score (nSPS) is 10.5. The van der Waals surface area contributed by atoms with Gasteiger partial charge in [-0.2, -0.15) is 0 Å². The molecular formula is C17H15N3O5. The third-order valence-electron chi connectivity index (χ3n) is 3.71. The van der Waals surface area contributed by atoms with Crippen molar-refractivity contribution in [2.45, 2.75) is 0 Å². The van der Waals surface area contributed by atoms with Gasteiger partial charge in [-0.15, -0.1) is 0 Å². The number of aromatic nitrogens is 2. The molecule has 0 radical (unpaired) electrons. The summed E-state index contributed by atoms with van der Waals surface area (Å²) >= 11 is 0. The average Bonchev–Trinajstić information content (AvgIpc) is 2.64. The third kappa shape index (κ3) is 2.74. The molecule has 1 amide bonds. The molecule has 1 aromatic carbocycles. The van der Waals surface area contributed by atoms with Gasteiger partial charge in [0.15, 0.2) is 22.9 Å². The van der Waals surface area contributed by atoms with Crippen molar-refractivity contribution in [1.29, 1.82) is 0 Å². The second-order valence-electron chi connectivity index (χ2n) is 5.04. The minimum absolute atomic E-state index is 0.138. The van der Waals surface area contributed by atoms with Gasteiger partial charge in [0.2, 0.25) is 12.3 Å². The van der Waals surface area contributed by atoms with E-state index in [9.17, 15) is 15.0 Å². The van der Waals surface area contributed by atoms with Gasteiger partial charge in [0, 0.05) is 23.8 Å². The Morgan fingerprint density at radius 2 is 1.72 bits per heavy atom. The minimum atomic E-state index is -0.499. The maximum absolute atomic E-state index is 11.6. The number of fused-ring (bicyclic) bond motifs is 1. The lowest BCUT2D eigenvalue weighted by Gasteiger charge is -2.20. The van der Waals surface area contributed by atoms with E-state index in [2.05, 4.69) is 9.97 Å². The van der Waals surface area contributed by atoms with Gasteiger partial charge in [-0.25, -0.2) is 4.98 Å². The van der Waals surface area contributed by atoms with Gasteiger partial charge in [0.1, 0.15) is 0 Å². The molecule has 128 valence electrons. The highest BCUT2D eigenvalue weighted by Gasteiger charge is 2.23. The Balaban J connectivity index is 2.27. The Hall–Kier alpha value is -3.55. The second-order valence-corrected chi connectivity index (χ2v) is 5.04. The molecule has 8 heteroatoms. The van der Waals surface area contributed by atoms with Crippen molar-refractivity contribution in [1.82, 2.24) is 9.97 Å². The van der Waals surface area contributed by atoms with Crippen molar-refractivity contribution in [3.63, 3.8) is 0 Å². The summed E-state index contributed by atoms with van der Waals surface area (Å²) in [6.07, 6.45) is 3.45. The van der Waals surface area contributed by atoms with E-state index >= 15 is 0 Å². The predicted molar refractivity (Wildman–Crippen MR) is 90.6 cm³/mol. The summed E-state index contributed by atoms with van der Waals surface area (Å²) in [5.41, 5.74) is 0.565. The largest absolute Gasteiger partial charge is 0.505 e. The van der Waals surface area contributed by atoms with E-state index in [-0.39, 0.29) is 17.0 Å². The van der Waals surface area contributed by atoms with Crippen LogP contribution in [0.4, 0.5) is 11.4 Å². The number of amides is 1. The van der Waals surface area contributed by atoms with Crippen molar-refractivity contribution in [2.75, 3.05) is 19.1 Å². The molecule has 0 aliphatic rings. The molecule has 0 fully saturated rings. The molecule has 2 heterocycles. The summed E-state index contributed by atoms with van der Waals surface area (Å²) in [5.74, 6) is -0.0331. The van der Waals surface area contributed by atoms with Crippen molar-refractivity contribution < 1.29 is 24.5 Å². The first-order valence-corrected chi connectivity index (χ1v) is 7.23. The van der Waals surface area contributed by atoms with E-state index in [1.807, 2.05) is 0 Å². The molecule has 3 rings (SSSR count). The molecule has 0 atom stereocenters. The Morgan fingerprint density at radius 1 is 1.08 bits per heavy atom. The van der Waals surface area contributed by atoms with Crippen molar-refractivity contribution in [3.8, 4) is 23.1 Å². The number of ether oxygens (including phenoxy) is 2. The van der Waals surface area contributed by atoms with Crippen LogP contribution in [0.25, 0.3) is 10.9 Å². The molecule has 25 heavy (non-hydrogen) atoms. The summed E-state index contributed by atoms with van der Waals surface area (Å²) < 4.78 is 10.4. The number of pyridine rings is 2. The highest BCUT2D eigenvalue weighted by molar-refractivity contribution is 6.00. The highest BCUT2D eigenvalue weighted by Crippen LogP contribution is 2.45. The molecule has 0 aliphatic heterocycles. The van der Waals surface area contributed by atoms with E-state index < -0.39 is 5.88 Å². The number of hydrogen-bond acceptors (Lipinski definition) is 7. The number of hydrogen-bond donors (Lipinski definition) is 2. The Morgan fingerprint density at radius 3 is 2.32 bits per heavy atom. The van der Waals surface area contributed by atoms with Gasteiger partial charge >= 0.3 is 0 Å². The Labute approximate surface area is 142 Å². The number of rotatable bonds is 5. The first-order valence-electron chi connectivity index (χ1n) is 7.23. The van der Waals surface area contributed by atoms with E-state index in [1.54, 1.807) is 12.1 Å². The summed E-state index contributed by atoms with van der Waals surface area (Å²) in [5, 5.41) is 21.2. The maximum Gasteiger partial charge on any atom is 0.240 e. The monoisotopic (exact) mass is 341 g/mol. The Kier molecular flexibility index (Phi) is 4.25. The zero-order valence-corrected chi connectivity index (χ0v) is 13.5. The third-order valence-corrected chi connectivity index (χ3v) is 3.71. The maximum atomic E-state index is 11.6. The molecule has 0 spiro atoms. The van der Waals surface area contributed by atoms with Crippen LogP contribution in [0, 0.1) is 0 Å². The lowest BCUT2D eigenvalue weighted by atomic mass is 10.1. The van der Waals surface area contributed by atoms with Crippen LogP contribution in [0.5, 0.6) is 23.1 Å². The topological polar surface area (TPSA) is 105 Å². The fraction of sp³-hybridized carbons (Fsp3) is 0.118. The first kappa shape index (κ1) is 16.3. The van der Waals surface area contributed by atoms with Crippen LogP contribution in [-0.4, -0.2) is 40.8 Å². The van der Waals surface area contributed by atoms with Crippen LogP contribution in [0.3, 0.4) is 0 Å². The fourth-order valence-electron chi connectivity index (χ4n) is 2.52. The number of methoxy groups -OCH3 is 2. The van der Waals surface area contributed by atoms with Crippen molar-refractivity contribution in [2.24, 2.45) is 0 Å². The molecule has 0 bridgehead atoms. The molecule has 2 aromatic heterocycles. The highest BCUT2D eigenvalue weighted by atomic mass is 16.5. The number of aromatic hydroxyl groups is 2. The smallest absolute Gasteiger partial charge is 0.240 e. The van der Waals surface area contributed by atoms with Crippen LogP contribution in [0.15, 0.2) is 36.7 Å². The fourth-order valence-corrected chi connectivity index (χ4v) is 2.52. The Bertz CT molecular complexity index is 931. The van der Waals surface area contributed by atoms with Crippen LogP contribution in [0.2, 0.25) is 0 Å². The van der Waals surface area contributed by atoms with Crippen LogP contribution in [0.1, 0.15) is 0 Å². The number of benzene rings is 1. The number of carbonyl (C=O) groups excluding carboxylic acids is 1. The first-order chi connectivity index (χ1) is 12.1. The van der Waals surface area contributed by atoms with E-state index in [4.69, 9.17) is 9.47 Å². The lowest BCUT2D eigenvalue weighted by molar-refractivity contribution is -0.106. The van der Waals surface area contributed by atoms with Gasteiger partial charge in [-0.05, 0) is 18.2 Å². The van der Waals surface area contributed by atoms with Gasteiger partial charge in [0.25, 0.3) is 0 Å². The summed E-state index contributed by atoms with van der Waals surface area (Å²) in [6.45, 7) is 0. The van der Waals surface area contributed by atoms with Crippen LogP contribution < -0.4 is 14.4 Å². The lowest BCUT2D eigenvalue weighted by Crippen LogP contribution is -2.15. The molecule has 0 aliphatic carbocycles. The zero-order valence-electron chi connectivity index (χ0n) is 13.5. The van der Waals surface area contributed by atoms with Crippen molar-refractivity contribution in [3.05, 3.63) is 36.7 Å². The molecule has 2 N–H and O–H groups in total. The molecule has 8 nitrogen and oxygen atoms in total. The van der Waals surface area contributed by atoms with E-state index in [1.165, 1.54) is 38.7 Å². The van der Waals surface area contributed by atoms with Gasteiger partial charge in [-0.1, -0.05) is 0 Å². The standard InChI is InChI=1S/C17H15N3O5/c1-24-13-7-11-12(8-14(13)25-2)19-17(23)15(16(11)22)20(9-21)10-3-5-18-6-4-10/h3-9H,1-2H3,(H2,19,22,23). The van der Waals surface area contributed by atoms with E-state index in [0.29, 0.717) is 29.0 Å². The molecule has 0 saturated carbocycles. The molecule has 3 aromatic rings. The van der Waals surface area contributed by atoms with E-state index in [0.717, 1.165) is 4.90 Å². The van der Waals surface area contributed by atoms with Crippen molar-refractivity contribution >= 4 is 28.7 Å². The quantitative estimate of drug-likeness (QED) is 0.686. The predicted octanol–water partition coefficient (Wildman–Crippen LogP) is 2.35. The van der Waals surface area contributed by atoms with Gasteiger partial charge < -0.3 is 19.7 Å². The summed E-state index contributed by atoms with van der Waals surface area (Å²) in [6, 6.07) is 6.17. The zero-order chi connectivity index (χ0) is 18.0. The number of nitrogens with zero attached hydrogens (tertiary/aromatic N) is 3. The van der Waals surface area contributed by atoms with Crippen LogP contribution in [-0.2, 0) is 4.79 Å². The number of carbonyl (C=O) groups is 1. The van der Waals surface area contributed by atoms with Gasteiger partial charge in [0.05, 0.1) is 25.4 Å².